The smallest absolute Gasteiger partial charge is 0.276 e. The highest BCUT2D eigenvalue weighted by Crippen LogP contribution is 2.29. The third-order valence-corrected chi connectivity index (χ3v) is 3.77. The minimum Gasteiger partial charge on any atom is -0.391 e. The van der Waals surface area contributed by atoms with E-state index in [4.69, 9.17) is 5.73 Å². The van der Waals surface area contributed by atoms with Crippen molar-refractivity contribution in [1.82, 2.24) is 15.3 Å². The Bertz CT molecular complexity index is 457. The van der Waals surface area contributed by atoms with Gasteiger partial charge in [0.2, 0.25) is 0 Å². The van der Waals surface area contributed by atoms with E-state index in [1.165, 1.54) is 19.2 Å². The summed E-state index contributed by atoms with van der Waals surface area (Å²) in [6.07, 6.45) is 3.90. The lowest BCUT2D eigenvalue weighted by molar-refractivity contribution is 0.340. The van der Waals surface area contributed by atoms with Crippen LogP contribution < -0.4 is 21.5 Å². The first kappa shape index (κ1) is 10.6. The Hall–Kier alpha value is -1.56. The molecule has 2 aliphatic heterocycles. The van der Waals surface area contributed by atoms with Crippen LogP contribution in [0.25, 0.3) is 0 Å². The average molecular weight is 235 g/mol. The fourth-order valence-electron chi connectivity index (χ4n) is 2.87. The Morgan fingerprint density at radius 1 is 1.47 bits per heavy atom. The summed E-state index contributed by atoms with van der Waals surface area (Å²) in [5.74, 6) is 1.29. The SMILES string of the molecule is Nc1c(N2CC3CCCNC3C2)nc[nH]c1=O. The van der Waals surface area contributed by atoms with E-state index in [9.17, 15) is 4.79 Å². The largest absolute Gasteiger partial charge is 0.391 e. The average Bonchev–Trinajstić information content (AvgIpc) is 2.76. The van der Waals surface area contributed by atoms with Crippen molar-refractivity contribution in [2.24, 2.45) is 5.92 Å². The highest BCUT2D eigenvalue weighted by molar-refractivity contribution is 5.61. The molecule has 0 aromatic carbocycles. The molecule has 2 fully saturated rings. The second kappa shape index (κ2) is 4.03. The Balaban J connectivity index is 1.86. The molecule has 0 saturated carbocycles. The molecule has 2 unspecified atom stereocenters. The maximum atomic E-state index is 11.4. The first-order valence-corrected chi connectivity index (χ1v) is 6.07. The maximum absolute atomic E-state index is 11.4. The van der Waals surface area contributed by atoms with Crippen LogP contribution >= 0.6 is 0 Å². The van der Waals surface area contributed by atoms with Crippen LogP contribution in [0.4, 0.5) is 11.5 Å². The number of nitrogen functional groups attached to an aromatic ring is 1. The predicted octanol–water partition coefficient (Wildman–Crippen LogP) is -0.460. The predicted molar refractivity (Wildman–Crippen MR) is 66.0 cm³/mol. The van der Waals surface area contributed by atoms with Crippen molar-refractivity contribution in [1.29, 1.82) is 0 Å². The van der Waals surface area contributed by atoms with Gasteiger partial charge in [-0.3, -0.25) is 4.79 Å². The zero-order chi connectivity index (χ0) is 11.8. The number of nitrogens with one attached hydrogen (secondary N) is 2. The molecular formula is C11H17N5O. The number of piperidine rings is 1. The third kappa shape index (κ3) is 1.78. The summed E-state index contributed by atoms with van der Waals surface area (Å²) in [6.45, 7) is 2.93. The minimum absolute atomic E-state index is 0.228. The molecule has 92 valence electrons. The van der Waals surface area contributed by atoms with E-state index in [2.05, 4.69) is 20.2 Å². The Morgan fingerprint density at radius 3 is 3.18 bits per heavy atom. The van der Waals surface area contributed by atoms with Gasteiger partial charge in [-0.2, -0.15) is 0 Å². The molecule has 0 bridgehead atoms. The van der Waals surface area contributed by atoms with Gasteiger partial charge in [-0.05, 0) is 25.3 Å². The molecule has 1 aromatic rings. The number of fused-ring (bicyclic) bond motifs is 1. The number of aromatic nitrogens is 2. The minimum atomic E-state index is -0.252. The number of nitrogens with two attached hydrogens (primary N) is 1. The summed E-state index contributed by atoms with van der Waals surface area (Å²) in [4.78, 5) is 20.3. The summed E-state index contributed by atoms with van der Waals surface area (Å²) in [7, 11) is 0. The molecule has 0 amide bonds. The third-order valence-electron chi connectivity index (χ3n) is 3.77. The zero-order valence-electron chi connectivity index (χ0n) is 9.65. The van der Waals surface area contributed by atoms with Crippen LogP contribution in [0.3, 0.4) is 0 Å². The van der Waals surface area contributed by atoms with Gasteiger partial charge in [-0.25, -0.2) is 4.98 Å². The first-order chi connectivity index (χ1) is 8.25. The molecule has 3 heterocycles. The van der Waals surface area contributed by atoms with Gasteiger partial charge >= 0.3 is 0 Å². The fraction of sp³-hybridized carbons (Fsp3) is 0.636. The van der Waals surface area contributed by atoms with Crippen molar-refractivity contribution >= 4 is 11.5 Å². The Labute approximate surface area is 99.2 Å². The van der Waals surface area contributed by atoms with Crippen LogP contribution in [0.1, 0.15) is 12.8 Å². The molecule has 1 aromatic heterocycles. The number of nitrogens with zero attached hydrogens (tertiary/aromatic N) is 2. The molecule has 0 aliphatic carbocycles. The van der Waals surface area contributed by atoms with E-state index in [1.807, 2.05) is 0 Å². The van der Waals surface area contributed by atoms with E-state index < -0.39 is 0 Å². The molecule has 6 heteroatoms. The van der Waals surface area contributed by atoms with Crippen LogP contribution in [0.5, 0.6) is 0 Å². The molecule has 3 rings (SSSR count). The Kier molecular flexibility index (Phi) is 2.51. The first-order valence-electron chi connectivity index (χ1n) is 6.07. The van der Waals surface area contributed by atoms with Crippen molar-refractivity contribution in [3.05, 3.63) is 16.7 Å². The summed E-state index contributed by atoms with van der Waals surface area (Å²) < 4.78 is 0. The van der Waals surface area contributed by atoms with Crippen molar-refractivity contribution < 1.29 is 0 Å². The number of aromatic amines is 1. The van der Waals surface area contributed by atoms with Gasteiger partial charge in [0.15, 0.2) is 5.82 Å². The molecular weight excluding hydrogens is 218 g/mol. The van der Waals surface area contributed by atoms with Crippen LogP contribution in [-0.2, 0) is 0 Å². The molecule has 0 spiro atoms. The van der Waals surface area contributed by atoms with Crippen molar-refractivity contribution in [2.75, 3.05) is 30.3 Å². The fourth-order valence-corrected chi connectivity index (χ4v) is 2.87. The maximum Gasteiger partial charge on any atom is 0.276 e. The van der Waals surface area contributed by atoms with E-state index in [0.717, 1.165) is 19.6 Å². The molecule has 0 radical (unpaired) electrons. The zero-order valence-corrected chi connectivity index (χ0v) is 9.65. The van der Waals surface area contributed by atoms with Gasteiger partial charge in [0.05, 0.1) is 6.33 Å². The second-order valence-corrected chi connectivity index (χ2v) is 4.84. The van der Waals surface area contributed by atoms with Gasteiger partial charge in [-0.15, -0.1) is 0 Å². The van der Waals surface area contributed by atoms with Gasteiger partial charge in [0.25, 0.3) is 5.56 Å². The number of rotatable bonds is 1. The lowest BCUT2D eigenvalue weighted by Crippen LogP contribution is -2.40. The molecule has 4 N–H and O–H groups in total. The van der Waals surface area contributed by atoms with Crippen molar-refractivity contribution in [2.45, 2.75) is 18.9 Å². The molecule has 2 saturated heterocycles. The summed E-state index contributed by atoms with van der Waals surface area (Å²) >= 11 is 0. The summed E-state index contributed by atoms with van der Waals surface area (Å²) in [5.41, 5.74) is 5.76. The lowest BCUT2D eigenvalue weighted by Gasteiger charge is -2.24. The summed E-state index contributed by atoms with van der Waals surface area (Å²) in [6, 6.07) is 0.518. The van der Waals surface area contributed by atoms with Crippen molar-refractivity contribution in [3.63, 3.8) is 0 Å². The van der Waals surface area contributed by atoms with Gasteiger partial charge in [-0.1, -0.05) is 0 Å². The number of anilines is 2. The summed E-state index contributed by atoms with van der Waals surface area (Å²) in [5, 5.41) is 3.52. The van der Waals surface area contributed by atoms with Crippen LogP contribution in [0, 0.1) is 5.92 Å². The van der Waals surface area contributed by atoms with Crippen LogP contribution in [0.15, 0.2) is 11.1 Å². The topological polar surface area (TPSA) is 87.0 Å². The van der Waals surface area contributed by atoms with Crippen molar-refractivity contribution in [3.8, 4) is 0 Å². The quantitative estimate of drug-likeness (QED) is 0.613. The molecule has 6 nitrogen and oxygen atoms in total. The number of hydrogen-bond donors (Lipinski definition) is 3. The molecule has 2 aliphatic rings. The van der Waals surface area contributed by atoms with Crippen LogP contribution in [-0.4, -0.2) is 35.6 Å². The van der Waals surface area contributed by atoms with E-state index in [1.54, 1.807) is 0 Å². The van der Waals surface area contributed by atoms with Gasteiger partial charge in [0, 0.05) is 19.1 Å². The van der Waals surface area contributed by atoms with Gasteiger partial charge in [0.1, 0.15) is 5.69 Å². The second-order valence-electron chi connectivity index (χ2n) is 4.84. The van der Waals surface area contributed by atoms with E-state index in [-0.39, 0.29) is 11.2 Å². The highest BCUT2D eigenvalue weighted by Gasteiger charge is 2.35. The monoisotopic (exact) mass is 235 g/mol. The lowest BCUT2D eigenvalue weighted by atomic mass is 9.94. The van der Waals surface area contributed by atoms with Gasteiger partial charge < -0.3 is 20.9 Å². The number of hydrogen-bond acceptors (Lipinski definition) is 5. The number of H-pyrrole nitrogens is 1. The molecule has 17 heavy (non-hydrogen) atoms. The Morgan fingerprint density at radius 2 is 2.35 bits per heavy atom. The molecule has 2 atom stereocenters. The van der Waals surface area contributed by atoms with E-state index in [0.29, 0.717) is 17.8 Å². The highest BCUT2D eigenvalue weighted by atomic mass is 16.1. The standard InChI is InChI=1S/C11H17N5O/c12-9-10(14-6-15-11(9)17)16-4-7-2-1-3-13-8(7)5-16/h6-8,13H,1-5,12H2,(H,14,15,17). The van der Waals surface area contributed by atoms with E-state index >= 15 is 0 Å². The van der Waals surface area contributed by atoms with Crippen LogP contribution in [0.2, 0.25) is 0 Å². The normalized spacial score (nSPS) is 28.1.